The number of benzene rings is 2. The quantitative estimate of drug-likeness (QED) is 0.210. The molecule has 1 saturated heterocycles. The number of halogens is 1. The predicted molar refractivity (Wildman–Crippen MR) is 123 cm³/mol. The summed E-state index contributed by atoms with van der Waals surface area (Å²) in [5.74, 6) is -5.79. The van der Waals surface area contributed by atoms with Gasteiger partial charge in [0.1, 0.15) is 23.7 Å². The van der Waals surface area contributed by atoms with E-state index in [-0.39, 0.29) is 5.56 Å². The van der Waals surface area contributed by atoms with Gasteiger partial charge in [0.25, 0.3) is 17.6 Å². The Morgan fingerprint density at radius 1 is 1.11 bits per heavy atom. The zero-order valence-corrected chi connectivity index (χ0v) is 19.4. The molecule has 0 spiro atoms. The molecule has 0 aliphatic carbocycles. The third-order valence-electron chi connectivity index (χ3n) is 5.65. The van der Waals surface area contributed by atoms with Gasteiger partial charge in [-0.3, -0.25) is 9.59 Å². The van der Waals surface area contributed by atoms with E-state index in [1.807, 2.05) is 11.4 Å². The predicted octanol–water partition coefficient (Wildman–Crippen LogP) is -0.692. The van der Waals surface area contributed by atoms with Gasteiger partial charge >= 0.3 is 5.97 Å². The number of para-hydroxylation sites is 1. The van der Waals surface area contributed by atoms with Gasteiger partial charge in [0, 0.05) is 18.5 Å². The molecule has 6 atom stereocenters. The second-order valence-corrected chi connectivity index (χ2v) is 8.38. The number of nitrogens with one attached hydrogen (secondary N) is 2. The Morgan fingerprint density at radius 2 is 1.78 bits per heavy atom. The molecule has 2 amide bonds. The van der Waals surface area contributed by atoms with Gasteiger partial charge in [-0.25, -0.2) is 9.18 Å². The van der Waals surface area contributed by atoms with E-state index < -0.39 is 73.7 Å². The smallest absolute Gasteiger partial charge is 0.364 e. The van der Waals surface area contributed by atoms with E-state index in [1.165, 1.54) is 12.1 Å². The summed E-state index contributed by atoms with van der Waals surface area (Å²) in [6.07, 6.45) is -8.41. The molecule has 200 valence electrons. The molecule has 0 saturated carbocycles. The first-order valence-corrected chi connectivity index (χ1v) is 11.2. The molecule has 1 heterocycles. The molecule has 7 N–H and O–H groups in total. The summed E-state index contributed by atoms with van der Waals surface area (Å²) >= 11 is 0. The minimum atomic E-state index is -2.95. The maximum atomic E-state index is 12.7. The number of aliphatic hydroxyl groups excluding tert-OH is 3. The van der Waals surface area contributed by atoms with Gasteiger partial charge in [-0.15, -0.1) is 0 Å². The monoisotopic (exact) mass is 522 g/mol. The highest BCUT2D eigenvalue weighted by molar-refractivity contribution is 5.94. The number of hydrogen-bond acceptors (Lipinski definition) is 9. The number of rotatable bonds is 10. The van der Waals surface area contributed by atoms with Crippen molar-refractivity contribution in [2.45, 2.75) is 42.7 Å². The van der Waals surface area contributed by atoms with E-state index in [9.17, 15) is 44.3 Å². The third kappa shape index (κ3) is 6.99. The van der Waals surface area contributed by atoms with Crippen molar-refractivity contribution in [3.8, 4) is 11.5 Å². The van der Waals surface area contributed by atoms with E-state index in [0.29, 0.717) is 11.5 Å². The van der Waals surface area contributed by atoms with Gasteiger partial charge in [0.15, 0.2) is 6.67 Å². The molecular weight excluding hydrogens is 495 g/mol. The van der Waals surface area contributed by atoms with Gasteiger partial charge < -0.3 is 45.6 Å². The second-order valence-electron chi connectivity index (χ2n) is 8.38. The zero-order chi connectivity index (χ0) is 27.2. The molecule has 0 bridgehead atoms. The molecule has 37 heavy (non-hydrogen) atoms. The highest BCUT2D eigenvalue weighted by atomic mass is 19.1. The average molecular weight is 522 g/mol. The van der Waals surface area contributed by atoms with Crippen molar-refractivity contribution < 1.29 is 53.8 Å². The number of carbonyl (C=O) groups excluding carboxylic acids is 2. The number of carboxylic acids is 1. The Labute approximate surface area is 210 Å². The van der Waals surface area contributed by atoms with Crippen LogP contribution in [0.3, 0.4) is 0 Å². The molecule has 2 aromatic rings. The van der Waals surface area contributed by atoms with Crippen molar-refractivity contribution in [2.75, 3.05) is 13.2 Å². The molecule has 3 rings (SSSR count). The minimum absolute atomic E-state index is 0.160. The molecule has 0 unspecified atom stereocenters. The Hall–Kier alpha value is -3.62. The highest BCUT2D eigenvalue weighted by Gasteiger charge is 2.54. The SMILES string of the molecule is O=C(CF)N[C@H]1[C@H]([C@H](O)[C@H](O)CNC(=O)c2cccc(Oc3ccccc3)c2)O[C@@](O)(C(=O)O)C[C@@H]1O. The molecular formula is C24H27FN2O10. The van der Waals surface area contributed by atoms with E-state index in [0.717, 1.165) is 0 Å². The first kappa shape index (κ1) is 28.0. The Kier molecular flexibility index (Phi) is 9.13. The van der Waals surface area contributed by atoms with Gasteiger partial charge in [0.05, 0.1) is 18.2 Å². The second kappa shape index (κ2) is 12.1. The van der Waals surface area contributed by atoms with Crippen molar-refractivity contribution in [3.63, 3.8) is 0 Å². The number of hydrogen-bond donors (Lipinski definition) is 7. The number of carbonyl (C=O) groups is 3. The third-order valence-corrected chi connectivity index (χ3v) is 5.65. The summed E-state index contributed by atoms with van der Waals surface area (Å²) in [5, 5.41) is 55.2. The number of amides is 2. The maximum absolute atomic E-state index is 12.7. The summed E-state index contributed by atoms with van der Waals surface area (Å²) in [6, 6.07) is 13.4. The fourth-order valence-electron chi connectivity index (χ4n) is 3.76. The summed E-state index contributed by atoms with van der Waals surface area (Å²) in [4.78, 5) is 35.5. The van der Waals surface area contributed by atoms with Crippen LogP contribution in [0.2, 0.25) is 0 Å². The molecule has 12 nitrogen and oxygen atoms in total. The van der Waals surface area contributed by atoms with Crippen LogP contribution in [0.25, 0.3) is 0 Å². The Balaban J connectivity index is 1.67. The van der Waals surface area contributed by atoms with E-state index in [2.05, 4.69) is 5.32 Å². The first-order chi connectivity index (χ1) is 17.5. The van der Waals surface area contributed by atoms with Crippen LogP contribution in [0.5, 0.6) is 11.5 Å². The molecule has 0 aromatic heterocycles. The molecule has 13 heteroatoms. The molecule has 0 radical (unpaired) electrons. The van der Waals surface area contributed by atoms with Crippen LogP contribution < -0.4 is 15.4 Å². The Morgan fingerprint density at radius 3 is 2.43 bits per heavy atom. The van der Waals surface area contributed by atoms with Crippen LogP contribution in [0.4, 0.5) is 4.39 Å². The minimum Gasteiger partial charge on any atom is -0.477 e. The number of carboxylic acid groups (broad SMARTS) is 1. The lowest BCUT2D eigenvalue weighted by atomic mass is 9.88. The van der Waals surface area contributed by atoms with Crippen molar-refractivity contribution >= 4 is 17.8 Å². The summed E-state index contributed by atoms with van der Waals surface area (Å²) in [6.45, 7) is -2.06. The molecule has 1 aliphatic heterocycles. The first-order valence-electron chi connectivity index (χ1n) is 11.2. The van der Waals surface area contributed by atoms with Gasteiger partial charge in [-0.1, -0.05) is 24.3 Å². The standard InChI is InChI=1S/C24H27FN2O10/c25-11-18(30)27-19-16(28)10-24(35,23(33)34)37-21(19)20(31)17(29)12-26-22(32)13-5-4-8-15(9-13)36-14-6-2-1-3-7-14/h1-9,16-17,19-21,28-29,31,35H,10-12H2,(H,26,32)(H,27,30)(H,33,34)/t16-,17+,19+,20+,21+,24+/m0/s1. The summed E-state index contributed by atoms with van der Waals surface area (Å²) < 4.78 is 23.4. The fraction of sp³-hybridized carbons (Fsp3) is 0.375. The van der Waals surface area contributed by atoms with E-state index >= 15 is 0 Å². The van der Waals surface area contributed by atoms with Crippen molar-refractivity contribution in [1.29, 1.82) is 0 Å². The topological polar surface area (TPSA) is 195 Å². The van der Waals surface area contributed by atoms with Crippen molar-refractivity contribution in [2.24, 2.45) is 0 Å². The average Bonchev–Trinajstić information content (AvgIpc) is 2.88. The number of aliphatic carboxylic acids is 1. The largest absolute Gasteiger partial charge is 0.477 e. The molecule has 2 aromatic carbocycles. The van der Waals surface area contributed by atoms with Crippen LogP contribution in [-0.4, -0.2) is 92.8 Å². The lowest BCUT2D eigenvalue weighted by molar-refractivity contribution is -0.294. The van der Waals surface area contributed by atoms with E-state index in [4.69, 9.17) is 9.47 Å². The van der Waals surface area contributed by atoms with Crippen LogP contribution >= 0.6 is 0 Å². The van der Waals surface area contributed by atoms with E-state index in [1.54, 1.807) is 36.4 Å². The lowest BCUT2D eigenvalue weighted by Gasteiger charge is -2.44. The maximum Gasteiger partial charge on any atom is 0.364 e. The highest BCUT2D eigenvalue weighted by Crippen LogP contribution is 2.30. The molecule has 1 fully saturated rings. The fourth-order valence-corrected chi connectivity index (χ4v) is 3.76. The van der Waals surface area contributed by atoms with Crippen LogP contribution in [0.1, 0.15) is 16.8 Å². The van der Waals surface area contributed by atoms with Crippen molar-refractivity contribution in [3.05, 3.63) is 60.2 Å². The zero-order valence-electron chi connectivity index (χ0n) is 19.4. The van der Waals surface area contributed by atoms with Gasteiger partial charge in [0.2, 0.25) is 0 Å². The summed E-state index contributed by atoms with van der Waals surface area (Å²) in [5.41, 5.74) is 0.160. The van der Waals surface area contributed by atoms with Crippen LogP contribution in [0.15, 0.2) is 54.6 Å². The normalized spacial score (nSPS) is 24.9. The van der Waals surface area contributed by atoms with Crippen LogP contribution in [-0.2, 0) is 14.3 Å². The number of ether oxygens (including phenoxy) is 2. The molecule has 1 aliphatic rings. The number of alkyl halides is 1. The van der Waals surface area contributed by atoms with Gasteiger partial charge in [-0.2, -0.15) is 0 Å². The number of aliphatic hydroxyl groups is 4. The van der Waals surface area contributed by atoms with Crippen LogP contribution in [0, 0.1) is 0 Å². The Bertz CT molecular complexity index is 1100. The van der Waals surface area contributed by atoms with Gasteiger partial charge in [-0.05, 0) is 30.3 Å². The lowest BCUT2D eigenvalue weighted by Crippen LogP contribution is -2.67. The summed E-state index contributed by atoms with van der Waals surface area (Å²) in [7, 11) is 0. The van der Waals surface area contributed by atoms with Crippen molar-refractivity contribution in [1.82, 2.24) is 10.6 Å².